The molecule has 0 aliphatic rings. The smallest absolute Gasteiger partial charge is 0.130 e. The molecule has 2 aromatic carbocycles. The van der Waals surface area contributed by atoms with E-state index in [1.165, 1.54) is 5.39 Å². The fourth-order valence-corrected chi connectivity index (χ4v) is 2.88. The molecule has 1 aromatic heterocycles. The number of rotatable bonds is 3. The van der Waals surface area contributed by atoms with Crippen LogP contribution >= 0.6 is 11.6 Å². The molecular formula is C17H17ClN2O. The monoisotopic (exact) mass is 300 g/mol. The molecule has 0 fully saturated rings. The third-order valence-electron chi connectivity index (χ3n) is 3.83. The van der Waals surface area contributed by atoms with Crippen LogP contribution in [-0.2, 0) is 13.5 Å². The van der Waals surface area contributed by atoms with Gasteiger partial charge in [-0.2, -0.15) is 5.10 Å². The highest BCUT2D eigenvalue weighted by atomic mass is 35.5. The highest BCUT2D eigenvalue weighted by molar-refractivity contribution is 6.30. The lowest BCUT2D eigenvalue weighted by Gasteiger charge is -2.12. The topological polar surface area (TPSA) is 38.0 Å². The predicted molar refractivity (Wildman–Crippen MR) is 85.6 cm³/mol. The van der Waals surface area contributed by atoms with Crippen LogP contribution in [0.25, 0.3) is 10.8 Å². The van der Waals surface area contributed by atoms with E-state index in [0.717, 1.165) is 22.2 Å². The Morgan fingerprint density at radius 2 is 1.90 bits per heavy atom. The van der Waals surface area contributed by atoms with Crippen LogP contribution in [0.3, 0.4) is 0 Å². The summed E-state index contributed by atoms with van der Waals surface area (Å²) < 4.78 is 1.64. The van der Waals surface area contributed by atoms with Crippen LogP contribution in [0.2, 0.25) is 5.15 Å². The standard InChI is InChI=1S/C17H17ClN2O/c1-11-15(17(18)20(2)19-11)10-16(21)14-8-7-12-5-3-4-6-13(12)9-14/h3-9,16,21H,10H2,1-2H3. The molecule has 0 bridgehead atoms. The second-order valence-corrected chi connectivity index (χ2v) is 5.66. The van der Waals surface area contributed by atoms with Crippen LogP contribution in [0, 0.1) is 6.92 Å². The van der Waals surface area contributed by atoms with E-state index in [9.17, 15) is 5.11 Å². The fourth-order valence-electron chi connectivity index (χ4n) is 2.63. The van der Waals surface area contributed by atoms with Crippen molar-refractivity contribution in [2.24, 2.45) is 7.05 Å². The van der Waals surface area contributed by atoms with E-state index in [1.807, 2.05) is 43.3 Å². The largest absolute Gasteiger partial charge is 0.388 e. The predicted octanol–water partition coefficient (Wildman–Crippen LogP) is 3.81. The average molecular weight is 301 g/mol. The third kappa shape index (κ3) is 2.67. The lowest BCUT2D eigenvalue weighted by molar-refractivity contribution is 0.178. The second-order valence-electron chi connectivity index (χ2n) is 5.30. The first kappa shape index (κ1) is 14.1. The van der Waals surface area contributed by atoms with Crippen molar-refractivity contribution >= 4 is 22.4 Å². The Bertz CT molecular complexity index is 795. The van der Waals surface area contributed by atoms with Crippen molar-refractivity contribution in [3.8, 4) is 0 Å². The molecule has 3 rings (SSSR count). The Kier molecular flexibility index (Phi) is 3.70. The fraction of sp³-hybridized carbons (Fsp3) is 0.235. The third-order valence-corrected chi connectivity index (χ3v) is 4.30. The first-order valence-corrected chi connectivity index (χ1v) is 7.29. The van der Waals surface area contributed by atoms with Gasteiger partial charge >= 0.3 is 0 Å². The van der Waals surface area contributed by atoms with Crippen LogP contribution in [0.4, 0.5) is 0 Å². The lowest BCUT2D eigenvalue weighted by Crippen LogP contribution is -2.03. The van der Waals surface area contributed by atoms with Gasteiger partial charge in [0.15, 0.2) is 0 Å². The Balaban J connectivity index is 1.91. The van der Waals surface area contributed by atoms with E-state index >= 15 is 0 Å². The summed E-state index contributed by atoms with van der Waals surface area (Å²) in [5.41, 5.74) is 2.66. The number of aliphatic hydroxyl groups is 1. The summed E-state index contributed by atoms with van der Waals surface area (Å²) in [4.78, 5) is 0. The van der Waals surface area contributed by atoms with Crippen molar-refractivity contribution in [1.29, 1.82) is 0 Å². The quantitative estimate of drug-likeness (QED) is 0.798. The van der Waals surface area contributed by atoms with Gasteiger partial charge in [0.05, 0.1) is 11.8 Å². The maximum atomic E-state index is 10.5. The molecule has 0 aliphatic heterocycles. The number of benzene rings is 2. The van der Waals surface area contributed by atoms with Crippen molar-refractivity contribution < 1.29 is 5.11 Å². The Morgan fingerprint density at radius 1 is 1.19 bits per heavy atom. The van der Waals surface area contributed by atoms with E-state index in [0.29, 0.717) is 11.6 Å². The summed E-state index contributed by atoms with van der Waals surface area (Å²) in [6.07, 6.45) is -0.119. The molecule has 21 heavy (non-hydrogen) atoms. The summed E-state index contributed by atoms with van der Waals surface area (Å²) in [7, 11) is 1.81. The van der Waals surface area contributed by atoms with Crippen molar-refractivity contribution in [3.63, 3.8) is 0 Å². The zero-order valence-electron chi connectivity index (χ0n) is 12.0. The summed E-state index contributed by atoms with van der Waals surface area (Å²) in [6.45, 7) is 1.91. The first-order chi connectivity index (χ1) is 10.1. The van der Waals surface area contributed by atoms with Gasteiger partial charge in [0.2, 0.25) is 0 Å². The highest BCUT2D eigenvalue weighted by Crippen LogP contribution is 2.27. The minimum absolute atomic E-state index is 0.469. The van der Waals surface area contributed by atoms with Gasteiger partial charge in [-0.15, -0.1) is 0 Å². The van der Waals surface area contributed by atoms with Gasteiger partial charge in [0.25, 0.3) is 0 Å². The van der Waals surface area contributed by atoms with Crippen molar-refractivity contribution in [2.75, 3.05) is 0 Å². The maximum Gasteiger partial charge on any atom is 0.130 e. The molecule has 1 heterocycles. The number of hydrogen-bond acceptors (Lipinski definition) is 2. The Labute approximate surface area is 128 Å². The number of halogens is 1. The van der Waals surface area contributed by atoms with E-state index in [4.69, 9.17) is 11.6 Å². The average Bonchev–Trinajstić information content (AvgIpc) is 2.73. The second kappa shape index (κ2) is 5.51. The van der Waals surface area contributed by atoms with Gasteiger partial charge in [-0.3, -0.25) is 4.68 Å². The van der Waals surface area contributed by atoms with Gasteiger partial charge < -0.3 is 5.11 Å². The van der Waals surface area contributed by atoms with Crippen LogP contribution < -0.4 is 0 Å². The van der Waals surface area contributed by atoms with Crippen molar-refractivity contribution in [2.45, 2.75) is 19.4 Å². The number of aliphatic hydroxyl groups excluding tert-OH is 1. The van der Waals surface area contributed by atoms with Crippen LogP contribution in [-0.4, -0.2) is 14.9 Å². The normalized spacial score (nSPS) is 12.8. The van der Waals surface area contributed by atoms with E-state index in [2.05, 4.69) is 11.2 Å². The molecule has 1 unspecified atom stereocenters. The van der Waals surface area contributed by atoms with Gasteiger partial charge in [-0.1, -0.05) is 48.0 Å². The SMILES string of the molecule is Cc1nn(C)c(Cl)c1CC(O)c1ccc2ccccc2c1. The summed E-state index contributed by atoms with van der Waals surface area (Å²) in [5.74, 6) is 0. The first-order valence-electron chi connectivity index (χ1n) is 6.91. The minimum Gasteiger partial charge on any atom is -0.388 e. The molecule has 0 radical (unpaired) electrons. The van der Waals surface area contributed by atoms with Crippen molar-refractivity contribution in [1.82, 2.24) is 9.78 Å². The maximum absolute atomic E-state index is 10.5. The van der Waals surface area contributed by atoms with Crippen LogP contribution in [0.5, 0.6) is 0 Å². The number of nitrogens with zero attached hydrogens (tertiary/aromatic N) is 2. The molecule has 3 aromatic rings. The minimum atomic E-state index is -0.588. The Hall–Kier alpha value is -1.84. The molecule has 1 N–H and O–H groups in total. The molecule has 3 nitrogen and oxygen atoms in total. The van der Waals surface area contributed by atoms with Gasteiger partial charge in [-0.05, 0) is 29.3 Å². The zero-order valence-corrected chi connectivity index (χ0v) is 12.8. The van der Waals surface area contributed by atoms with Gasteiger partial charge in [-0.25, -0.2) is 0 Å². The van der Waals surface area contributed by atoms with E-state index in [-0.39, 0.29) is 0 Å². The van der Waals surface area contributed by atoms with Gasteiger partial charge in [0, 0.05) is 19.0 Å². The number of aryl methyl sites for hydroxylation is 2. The van der Waals surface area contributed by atoms with E-state index in [1.54, 1.807) is 11.7 Å². The van der Waals surface area contributed by atoms with Gasteiger partial charge in [0.1, 0.15) is 5.15 Å². The highest BCUT2D eigenvalue weighted by Gasteiger charge is 2.17. The zero-order chi connectivity index (χ0) is 15.0. The summed E-state index contributed by atoms with van der Waals surface area (Å²) in [5, 5.41) is 17.7. The molecule has 0 saturated carbocycles. The molecule has 0 saturated heterocycles. The summed E-state index contributed by atoms with van der Waals surface area (Å²) in [6, 6.07) is 14.1. The van der Waals surface area contributed by atoms with E-state index < -0.39 is 6.10 Å². The lowest BCUT2D eigenvalue weighted by atomic mass is 9.99. The molecule has 108 valence electrons. The van der Waals surface area contributed by atoms with Crippen molar-refractivity contribution in [3.05, 3.63) is 64.4 Å². The molecule has 0 aliphatic carbocycles. The molecule has 0 amide bonds. The molecule has 1 atom stereocenters. The Morgan fingerprint density at radius 3 is 2.57 bits per heavy atom. The molecule has 0 spiro atoms. The number of aromatic nitrogens is 2. The molecule has 4 heteroatoms. The summed E-state index contributed by atoms with van der Waals surface area (Å²) >= 11 is 6.23. The van der Waals surface area contributed by atoms with Crippen LogP contribution in [0.15, 0.2) is 42.5 Å². The van der Waals surface area contributed by atoms with Crippen LogP contribution in [0.1, 0.15) is 22.9 Å². The molecular weight excluding hydrogens is 284 g/mol. The number of hydrogen-bond donors (Lipinski definition) is 1. The number of fused-ring (bicyclic) bond motifs is 1.